The second kappa shape index (κ2) is 5.67. The van der Waals surface area contributed by atoms with E-state index in [0.717, 1.165) is 25.9 Å². The molecule has 0 aromatic heterocycles. The Morgan fingerprint density at radius 1 is 1.41 bits per heavy atom. The molecule has 0 saturated carbocycles. The molecule has 1 amide bonds. The molecule has 2 nitrogen and oxygen atoms in total. The molecule has 1 unspecified atom stereocenters. The first-order valence-electron chi connectivity index (χ1n) is 6.25. The Morgan fingerprint density at radius 2 is 2.18 bits per heavy atom. The monoisotopic (exact) mass is 229 g/mol. The van der Waals surface area contributed by atoms with E-state index in [9.17, 15) is 4.79 Å². The summed E-state index contributed by atoms with van der Waals surface area (Å²) in [6.45, 7) is 5.31. The number of amides is 1. The van der Waals surface area contributed by atoms with Gasteiger partial charge in [-0.25, -0.2) is 0 Å². The minimum atomic E-state index is 0.0720. The fraction of sp³-hybridized carbons (Fsp3) is 0.400. The second-order valence-electron chi connectivity index (χ2n) is 4.69. The van der Waals surface area contributed by atoms with Gasteiger partial charge in [0.25, 0.3) is 0 Å². The van der Waals surface area contributed by atoms with E-state index in [-0.39, 0.29) is 5.91 Å². The van der Waals surface area contributed by atoms with Gasteiger partial charge in [-0.2, -0.15) is 0 Å². The lowest BCUT2D eigenvalue weighted by atomic mass is 9.91. The van der Waals surface area contributed by atoms with E-state index in [0.29, 0.717) is 5.92 Å². The van der Waals surface area contributed by atoms with Gasteiger partial charge in [-0.15, -0.1) is 0 Å². The lowest BCUT2D eigenvalue weighted by Crippen LogP contribution is -2.39. The van der Waals surface area contributed by atoms with Crippen LogP contribution in [-0.4, -0.2) is 23.9 Å². The summed E-state index contributed by atoms with van der Waals surface area (Å²) in [7, 11) is 0. The van der Waals surface area contributed by atoms with Crippen molar-refractivity contribution in [3.05, 3.63) is 48.6 Å². The first-order chi connectivity index (χ1) is 8.29. The van der Waals surface area contributed by atoms with E-state index in [4.69, 9.17) is 0 Å². The van der Waals surface area contributed by atoms with E-state index in [2.05, 4.69) is 30.8 Å². The van der Waals surface area contributed by atoms with Crippen molar-refractivity contribution in [2.45, 2.75) is 19.3 Å². The first-order valence-corrected chi connectivity index (χ1v) is 6.25. The smallest absolute Gasteiger partial charge is 0.245 e. The summed E-state index contributed by atoms with van der Waals surface area (Å²) in [4.78, 5) is 13.5. The summed E-state index contributed by atoms with van der Waals surface area (Å²) < 4.78 is 0. The van der Waals surface area contributed by atoms with E-state index in [1.54, 1.807) is 0 Å². The van der Waals surface area contributed by atoms with Crippen LogP contribution in [0, 0.1) is 5.92 Å². The zero-order valence-corrected chi connectivity index (χ0v) is 10.1. The summed E-state index contributed by atoms with van der Waals surface area (Å²) in [5.41, 5.74) is 1.37. The van der Waals surface area contributed by atoms with Gasteiger partial charge in [0.15, 0.2) is 0 Å². The fourth-order valence-electron chi connectivity index (χ4n) is 2.51. The molecular formula is C15H19NO. The van der Waals surface area contributed by atoms with E-state index in [1.165, 1.54) is 18.1 Å². The molecule has 1 aliphatic heterocycles. The van der Waals surface area contributed by atoms with Crippen molar-refractivity contribution in [2.24, 2.45) is 5.92 Å². The first kappa shape index (κ1) is 11.9. The average Bonchev–Trinajstić information content (AvgIpc) is 2.39. The van der Waals surface area contributed by atoms with Crippen molar-refractivity contribution in [2.75, 3.05) is 13.1 Å². The number of hydrogen-bond acceptors (Lipinski definition) is 1. The van der Waals surface area contributed by atoms with Crippen molar-refractivity contribution < 1.29 is 4.79 Å². The third-order valence-corrected chi connectivity index (χ3v) is 3.37. The molecule has 0 radical (unpaired) electrons. The quantitative estimate of drug-likeness (QED) is 0.730. The highest BCUT2D eigenvalue weighted by molar-refractivity contribution is 5.87. The zero-order chi connectivity index (χ0) is 12.1. The third kappa shape index (κ3) is 3.19. The molecule has 2 rings (SSSR count). The van der Waals surface area contributed by atoms with Gasteiger partial charge in [0, 0.05) is 13.1 Å². The van der Waals surface area contributed by atoms with Gasteiger partial charge in [0.1, 0.15) is 0 Å². The maximum Gasteiger partial charge on any atom is 0.245 e. The minimum Gasteiger partial charge on any atom is -0.339 e. The largest absolute Gasteiger partial charge is 0.339 e. The van der Waals surface area contributed by atoms with Crippen LogP contribution < -0.4 is 0 Å². The number of rotatable bonds is 3. The maximum atomic E-state index is 11.6. The Labute approximate surface area is 103 Å². The molecule has 1 atom stereocenters. The molecule has 1 heterocycles. The molecule has 1 aromatic carbocycles. The van der Waals surface area contributed by atoms with Crippen molar-refractivity contribution in [3.8, 4) is 0 Å². The maximum absolute atomic E-state index is 11.6. The second-order valence-corrected chi connectivity index (χ2v) is 4.69. The Kier molecular flexibility index (Phi) is 3.97. The predicted molar refractivity (Wildman–Crippen MR) is 69.6 cm³/mol. The predicted octanol–water partition coefficient (Wildman–Crippen LogP) is 2.65. The summed E-state index contributed by atoms with van der Waals surface area (Å²) in [6, 6.07) is 10.5. The average molecular weight is 229 g/mol. The standard InChI is InChI=1S/C15H19NO/c1-2-15(17)16-10-6-9-14(12-16)11-13-7-4-3-5-8-13/h2-5,7-8,14H,1,6,9-12H2. The molecule has 0 bridgehead atoms. The van der Waals surface area contributed by atoms with Crippen LogP contribution in [0.2, 0.25) is 0 Å². The van der Waals surface area contributed by atoms with Crippen molar-refractivity contribution >= 4 is 5.91 Å². The highest BCUT2D eigenvalue weighted by atomic mass is 16.2. The van der Waals surface area contributed by atoms with Crippen LogP contribution in [0.4, 0.5) is 0 Å². The Balaban J connectivity index is 1.94. The highest BCUT2D eigenvalue weighted by Crippen LogP contribution is 2.20. The summed E-state index contributed by atoms with van der Waals surface area (Å²) >= 11 is 0. The number of carbonyl (C=O) groups is 1. The number of hydrogen-bond donors (Lipinski definition) is 0. The van der Waals surface area contributed by atoms with Gasteiger partial charge in [-0.05, 0) is 36.8 Å². The van der Waals surface area contributed by atoms with E-state index < -0.39 is 0 Å². The number of piperidine rings is 1. The SMILES string of the molecule is C=CC(=O)N1CCCC(Cc2ccccc2)C1. The van der Waals surface area contributed by atoms with Crippen LogP contribution in [0.25, 0.3) is 0 Å². The molecule has 2 heteroatoms. The Bertz CT molecular complexity index is 385. The van der Waals surface area contributed by atoms with E-state index in [1.807, 2.05) is 11.0 Å². The number of benzene rings is 1. The lowest BCUT2D eigenvalue weighted by molar-refractivity contribution is -0.127. The van der Waals surface area contributed by atoms with Gasteiger partial charge in [0.05, 0.1) is 0 Å². The van der Waals surface area contributed by atoms with Crippen molar-refractivity contribution in [3.63, 3.8) is 0 Å². The molecule has 90 valence electrons. The normalized spacial score (nSPS) is 20.0. The topological polar surface area (TPSA) is 20.3 Å². The van der Waals surface area contributed by atoms with Gasteiger partial charge >= 0.3 is 0 Å². The van der Waals surface area contributed by atoms with Gasteiger partial charge in [-0.3, -0.25) is 4.79 Å². The summed E-state index contributed by atoms with van der Waals surface area (Å²) in [5.74, 6) is 0.665. The number of nitrogens with zero attached hydrogens (tertiary/aromatic N) is 1. The van der Waals surface area contributed by atoms with Gasteiger partial charge in [-0.1, -0.05) is 36.9 Å². The highest BCUT2D eigenvalue weighted by Gasteiger charge is 2.22. The molecule has 0 spiro atoms. The van der Waals surface area contributed by atoms with Crippen LogP contribution in [-0.2, 0) is 11.2 Å². The number of likely N-dealkylation sites (tertiary alicyclic amines) is 1. The summed E-state index contributed by atoms with van der Waals surface area (Å²) in [6.07, 6.45) is 4.82. The van der Waals surface area contributed by atoms with Gasteiger partial charge in [0.2, 0.25) is 5.91 Å². The van der Waals surface area contributed by atoms with Gasteiger partial charge < -0.3 is 4.90 Å². The molecule has 1 aromatic rings. The van der Waals surface area contributed by atoms with Crippen LogP contribution in [0.1, 0.15) is 18.4 Å². The molecule has 0 N–H and O–H groups in total. The minimum absolute atomic E-state index is 0.0720. The molecule has 1 saturated heterocycles. The Morgan fingerprint density at radius 3 is 2.88 bits per heavy atom. The number of carbonyl (C=O) groups excluding carboxylic acids is 1. The van der Waals surface area contributed by atoms with Crippen molar-refractivity contribution in [1.29, 1.82) is 0 Å². The van der Waals surface area contributed by atoms with Crippen LogP contribution >= 0.6 is 0 Å². The molecule has 0 aliphatic carbocycles. The zero-order valence-electron chi connectivity index (χ0n) is 10.1. The summed E-state index contributed by atoms with van der Waals surface area (Å²) in [5, 5.41) is 0. The molecule has 1 fully saturated rings. The third-order valence-electron chi connectivity index (χ3n) is 3.37. The van der Waals surface area contributed by atoms with Crippen LogP contribution in [0.15, 0.2) is 43.0 Å². The molecule has 17 heavy (non-hydrogen) atoms. The molecular weight excluding hydrogens is 210 g/mol. The van der Waals surface area contributed by atoms with Crippen LogP contribution in [0.5, 0.6) is 0 Å². The fourth-order valence-corrected chi connectivity index (χ4v) is 2.51. The van der Waals surface area contributed by atoms with E-state index >= 15 is 0 Å². The lowest BCUT2D eigenvalue weighted by Gasteiger charge is -2.32. The Hall–Kier alpha value is -1.57. The van der Waals surface area contributed by atoms with Crippen molar-refractivity contribution in [1.82, 2.24) is 4.90 Å². The molecule has 1 aliphatic rings. The van der Waals surface area contributed by atoms with Crippen LogP contribution in [0.3, 0.4) is 0 Å².